The third-order valence-electron chi connectivity index (χ3n) is 5.48. The number of esters is 2. The average Bonchev–Trinajstić information content (AvgIpc) is 2.94. The van der Waals surface area contributed by atoms with Gasteiger partial charge in [0.15, 0.2) is 11.6 Å². The van der Waals surface area contributed by atoms with E-state index in [0.717, 1.165) is 4.90 Å². The number of alkyl halides is 3. The molecule has 2 amide bonds. The summed E-state index contributed by atoms with van der Waals surface area (Å²) in [6.07, 6.45) is -4.21. The number of amides is 2. The predicted molar refractivity (Wildman–Crippen MR) is 128 cm³/mol. The zero-order chi connectivity index (χ0) is 28.0. The molecule has 1 atom stereocenters. The van der Waals surface area contributed by atoms with E-state index in [1.165, 1.54) is 31.1 Å². The number of halogens is 3. The van der Waals surface area contributed by atoms with E-state index < -0.39 is 48.9 Å². The van der Waals surface area contributed by atoms with Crippen LogP contribution in [0.3, 0.4) is 0 Å². The van der Waals surface area contributed by atoms with E-state index in [4.69, 9.17) is 10.5 Å². The molecule has 2 heterocycles. The maximum atomic E-state index is 13.3. The van der Waals surface area contributed by atoms with E-state index in [9.17, 15) is 32.3 Å². The number of likely N-dealkylation sites (N-methyl/N-ethyl adjacent to an activating group) is 1. The highest BCUT2D eigenvalue weighted by molar-refractivity contribution is 6.09. The van der Waals surface area contributed by atoms with Crippen molar-refractivity contribution in [3.63, 3.8) is 0 Å². The van der Waals surface area contributed by atoms with Crippen LogP contribution in [0.5, 0.6) is 5.75 Å². The number of nitrogens with zero attached hydrogens (tertiary/aromatic N) is 3. The lowest BCUT2D eigenvalue weighted by atomic mass is 10.1. The maximum absolute atomic E-state index is 13.3. The Labute approximate surface area is 215 Å². The fraction of sp³-hybridized carbons (Fsp3) is 0.320. The van der Waals surface area contributed by atoms with Crippen molar-refractivity contribution < 1.29 is 41.8 Å². The summed E-state index contributed by atoms with van der Waals surface area (Å²) in [6.45, 7) is 1.15. The van der Waals surface area contributed by atoms with E-state index in [0.29, 0.717) is 23.4 Å². The van der Waals surface area contributed by atoms with Gasteiger partial charge in [-0.1, -0.05) is 11.8 Å². The van der Waals surface area contributed by atoms with Crippen LogP contribution in [0.15, 0.2) is 36.5 Å². The van der Waals surface area contributed by atoms with Crippen molar-refractivity contribution in [2.24, 2.45) is 0 Å². The standard InChI is InChI=1S/C25H23F3N4O6/c1-15(12-21(34)38-24(36)25(26,27)28)32-14-20(33)31(2)18-9-8-16(13-17(18)23(32)35)6-3-4-11-37-19-7-5-10-30-22(19)29/h5,7-10,13,15H,4,11-12,14H2,1-2H3,(H2,29,30). The Hall–Kier alpha value is -4.60. The molecular weight excluding hydrogens is 509 g/mol. The number of hydrogen-bond acceptors (Lipinski definition) is 8. The summed E-state index contributed by atoms with van der Waals surface area (Å²) in [7, 11) is 1.46. The second-order valence-corrected chi connectivity index (χ2v) is 8.22. The van der Waals surface area contributed by atoms with Crippen LogP contribution in [0, 0.1) is 11.8 Å². The molecule has 13 heteroatoms. The van der Waals surface area contributed by atoms with Gasteiger partial charge in [0, 0.05) is 31.3 Å². The molecule has 0 aliphatic carbocycles. The molecule has 1 aromatic heterocycles. The number of anilines is 2. The third-order valence-corrected chi connectivity index (χ3v) is 5.48. The number of fused-ring (bicyclic) bond motifs is 1. The summed E-state index contributed by atoms with van der Waals surface area (Å²) in [5.74, 6) is 1.23. The molecule has 1 aromatic carbocycles. The van der Waals surface area contributed by atoms with Gasteiger partial charge in [0.1, 0.15) is 6.54 Å². The Bertz CT molecular complexity index is 1320. The fourth-order valence-corrected chi connectivity index (χ4v) is 3.50. The highest BCUT2D eigenvalue weighted by atomic mass is 19.4. The van der Waals surface area contributed by atoms with Gasteiger partial charge in [-0.25, -0.2) is 9.78 Å². The van der Waals surface area contributed by atoms with Gasteiger partial charge in [-0.2, -0.15) is 13.2 Å². The second-order valence-electron chi connectivity index (χ2n) is 8.22. The van der Waals surface area contributed by atoms with E-state index in [-0.39, 0.29) is 18.0 Å². The molecule has 0 radical (unpaired) electrons. The van der Waals surface area contributed by atoms with Crippen LogP contribution in [0.1, 0.15) is 35.7 Å². The molecule has 0 saturated carbocycles. The molecule has 3 rings (SSSR count). The number of carbonyl (C=O) groups is 4. The van der Waals surface area contributed by atoms with Crippen molar-refractivity contribution in [3.8, 4) is 17.6 Å². The van der Waals surface area contributed by atoms with Crippen LogP contribution in [0.2, 0.25) is 0 Å². The molecule has 38 heavy (non-hydrogen) atoms. The summed E-state index contributed by atoms with van der Waals surface area (Å²) < 4.78 is 46.4. The normalized spacial score (nSPS) is 14.1. The molecule has 1 unspecified atom stereocenters. The van der Waals surface area contributed by atoms with Crippen molar-refractivity contribution in [2.45, 2.75) is 32.0 Å². The monoisotopic (exact) mass is 532 g/mol. The predicted octanol–water partition coefficient (Wildman–Crippen LogP) is 2.31. The lowest BCUT2D eigenvalue weighted by molar-refractivity contribution is -0.202. The fourth-order valence-electron chi connectivity index (χ4n) is 3.50. The van der Waals surface area contributed by atoms with Gasteiger partial charge in [-0.3, -0.25) is 14.4 Å². The zero-order valence-electron chi connectivity index (χ0n) is 20.4. The Kier molecular flexibility index (Phi) is 8.57. The Balaban J connectivity index is 1.73. The molecule has 0 bridgehead atoms. The topological polar surface area (TPSA) is 132 Å². The second kappa shape index (κ2) is 11.6. The van der Waals surface area contributed by atoms with Crippen LogP contribution >= 0.6 is 0 Å². The number of carbonyl (C=O) groups excluding carboxylic acids is 4. The minimum Gasteiger partial charge on any atom is -0.489 e. The Morgan fingerprint density at radius 1 is 1.24 bits per heavy atom. The highest BCUT2D eigenvalue weighted by Crippen LogP contribution is 2.27. The first-order valence-electron chi connectivity index (χ1n) is 11.2. The van der Waals surface area contributed by atoms with Crippen LogP contribution in [0.25, 0.3) is 0 Å². The molecule has 10 nitrogen and oxygen atoms in total. The molecule has 1 aliphatic rings. The number of nitrogen functional groups attached to an aromatic ring is 1. The van der Waals surface area contributed by atoms with E-state index in [1.54, 1.807) is 24.3 Å². The molecule has 0 fully saturated rings. The molecule has 0 saturated heterocycles. The van der Waals surface area contributed by atoms with Gasteiger partial charge in [0.25, 0.3) is 5.91 Å². The first-order valence-corrected chi connectivity index (χ1v) is 11.2. The van der Waals surface area contributed by atoms with Crippen molar-refractivity contribution in [1.82, 2.24) is 9.88 Å². The summed E-state index contributed by atoms with van der Waals surface area (Å²) in [6, 6.07) is 6.96. The zero-order valence-corrected chi connectivity index (χ0v) is 20.4. The molecule has 2 N–H and O–H groups in total. The quantitative estimate of drug-likeness (QED) is 0.260. The minimum absolute atomic E-state index is 0.108. The lowest BCUT2D eigenvalue weighted by Gasteiger charge is -2.26. The van der Waals surface area contributed by atoms with Crippen molar-refractivity contribution in [2.75, 3.05) is 30.8 Å². The van der Waals surface area contributed by atoms with E-state index in [1.807, 2.05) is 0 Å². The maximum Gasteiger partial charge on any atom is 0.491 e. The molecular formula is C25H23F3N4O6. The Morgan fingerprint density at radius 2 is 1.97 bits per heavy atom. The Morgan fingerprint density at radius 3 is 2.66 bits per heavy atom. The summed E-state index contributed by atoms with van der Waals surface area (Å²) >= 11 is 0. The van der Waals surface area contributed by atoms with E-state index >= 15 is 0 Å². The number of rotatable bonds is 6. The SMILES string of the molecule is CC(CC(=O)OC(=O)C(F)(F)F)N1CC(=O)N(C)c2ccc(C#CCCOc3cccnc3N)cc2C1=O. The first-order chi connectivity index (χ1) is 17.9. The van der Waals surface area contributed by atoms with Gasteiger partial charge in [-0.05, 0) is 37.3 Å². The lowest BCUT2D eigenvalue weighted by Crippen LogP contribution is -2.44. The van der Waals surface area contributed by atoms with Gasteiger partial charge in [-0.15, -0.1) is 0 Å². The number of aromatic nitrogens is 1. The van der Waals surface area contributed by atoms with Crippen LogP contribution in [-0.2, 0) is 19.1 Å². The van der Waals surface area contributed by atoms with Gasteiger partial charge >= 0.3 is 18.1 Å². The van der Waals surface area contributed by atoms with Crippen LogP contribution in [0.4, 0.5) is 24.7 Å². The van der Waals surface area contributed by atoms with Crippen molar-refractivity contribution in [1.29, 1.82) is 0 Å². The minimum atomic E-state index is -5.34. The largest absolute Gasteiger partial charge is 0.491 e. The highest BCUT2D eigenvalue weighted by Gasteiger charge is 2.43. The smallest absolute Gasteiger partial charge is 0.489 e. The number of hydrogen-bond donors (Lipinski definition) is 1. The van der Waals surface area contributed by atoms with Gasteiger partial charge < -0.3 is 25.0 Å². The molecule has 2 aromatic rings. The average molecular weight is 532 g/mol. The number of nitrogens with two attached hydrogens (primary N) is 1. The third kappa shape index (κ3) is 6.78. The summed E-state index contributed by atoms with van der Waals surface area (Å²) in [4.78, 5) is 55.0. The van der Waals surface area contributed by atoms with Crippen molar-refractivity contribution in [3.05, 3.63) is 47.7 Å². The molecule has 200 valence electrons. The van der Waals surface area contributed by atoms with Crippen LogP contribution < -0.4 is 15.4 Å². The first kappa shape index (κ1) is 28.0. The summed E-state index contributed by atoms with van der Waals surface area (Å²) in [5, 5.41) is 0. The number of ether oxygens (including phenoxy) is 2. The van der Waals surface area contributed by atoms with Gasteiger partial charge in [0.05, 0.1) is 24.3 Å². The van der Waals surface area contributed by atoms with Gasteiger partial charge in [0.2, 0.25) is 5.91 Å². The van der Waals surface area contributed by atoms with Crippen LogP contribution in [-0.4, -0.2) is 66.1 Å². The summed E-state index contributed by atoms with van der Waals surface area (Å²) in [5.41, 5.74) is 6.58. The van der Waals surface area contributed by atoms with Crippen molar-refractivity contribution >= 4 is 35.3 Å². The molecule has 1 aliphatic heterocycles. The number of benzene rings is 1. The van der Waals surface area contributed by atoms with E-state index in [2.05, 4.69) is 21.6 Å². The number of pyridine rings is 1. The molecule has 0 spiro atoms.